The third kappa shape index (κ3) is 8.35. The Labute approximate surface area is 184 Å². The van der Waals surface area contributed by atoms with E-state index in [-0.39, 0.29) is 30.0 Å². The van der Waals surface area contributed by atoms with E-state index in [1.54, 1.807) is 48.5 Å². The van der Waals surface area contributed by atoms with Crippen molar-refractivity contribution in [2.45, 2.75) is 32.1 Å². The molecule has 0 heterocycles. The van der Waals surface area contributed by atoms with E-state index in [9.17, 15) is 18.0 Å². The smallest absolute Gasteiger partial charge is 0.251 e. The van der Waals surface area contributed by atoms with Crippen LogP contribution in [0.1, 0.15) is 37.4 Å². The van der Waals surface area contributed by atoms with Gasteiger partial charge in [-0.3, -0.25) is 9.59 Å². The Kier molecular flexibility index (Phi) is 8.96. The Hall–Kier alpha value is -2.97. The molecule has 0 aliphatic heterocycles. The summed E-state index contributed by atoms with van der Waals surface area (Å²) in [5.41, 5.74) is 1.76. The average Bonchev–Trinajstić information content (AvgIpc) is 2.72. The van der Waals surface area contributed by atoms with Gasteiger partial charge in [0.05, 0.1) is 5.75 Å². The van der Waals surface area contributed by atoms with Gasteiger partial charge in [-0.1, -0.05) is 62.4 Å². The van der Waals surface area contributed by atoms with Gasteiger partial charge in [0.1, 0.15) is 6.04 Å². The second-order valence-electron chi connectivity index (χ2n) is 7.59. The fraction of sp³-hybridized carbons (Fsp3) is 0.304. The molecule has 7 nitrogen and oxygen atoms in total. The van der Waals surface area contributed by atoms with Crippen molar-refractivity contribution in [1.29, 1.82) is 0 Å². The number of nitrogens with one attached hydrogen (secondary N) is 3. The van der Waals surface area contributed by atoms with Crippen molar-refractivity contribution >= 4 is 27.5 Å². The zero-order valence-corrected chi connectivity index (χ0v) is 18.6. The summed E-state index contributed by atoms with van der Waals surface area (Å²) in [6, 6.07) is 14.7. The Morgan fingerprint density at radius 1 is 1.03 bits per heavy atom. The molecule has 0 saturated heterocycles. The van der Waals surface area contributed by atoms with E-state index in [1.165, 1.54) is 6.08 Å². The third-order valence-corrected chi connectivity index (χ3v) is 5.64. The topological polar surface area (TPSA) is 104 Å². The molecule has 166 valence electrons. The fourth-order valence-corrected chi connectivity index (χ4v) is 4.00. The van der Waals surface area contributed by atoms with Gasteiger partial charge in [0.2, 0.25) is 15.9 Å². The molecule has 31 heavy (non-hydrogen) atoms. The van der Waals surface area contributed by atoms with Crippen molar-refractivity contribution in [2.24, 2.45) is 5.92 Å². The van der Waals surface area contributed by atoms with Crippen molar-refractivity contribution in [3.63, 3.8) is 0 Å². The number of sulfonamides is 1. The molecular formula is C23H29N3O4S. The lowest BCUT2D eigenvalue weighted by molar-refractivity contribution is -0.127. The van der Waals surface area contributed by atoms with Gasteiger partial charge < -0.3 is 10.6 Å². The fourth-order valence-electron chi connectivity index (χ4n) is 2.89. The molecule has 1 unspecified atom stereocenters. The van der Waals surface area contributed by atoms with Crippen molar-refractivity contribution in [3.05, 3.63) is 78.4 Å². The maximum atomic E-state index is 12.9. The van der Waals surface area contributed by atoms with Crippen LogP contribution in [0.4, 0.5) is 5.69 Å². The second kappa shape index (κ2) is 11.4. The quantitative estimate of drug-likeness (QED) is 0.464. The maximum Gasteiger partial charge on any atom is 0.251 e. The lowest BCUT2D eigenvalue weighted by atomic mass is 10.0. The number of carbonyl (C=O) groups is 2. The predicted octanol–water partition coefficient (Wildman–Crippen LogP) is 3.13. The van der Waals surface area contributed by atoms with Crippen molar-refractivity contribution < 1.29 is 18.0 Å². The van der Waals surface area contributed by atoms with Gasteiger partial charge in [-0.25, -0.2) is 13.1 Å². The van der Waals surface area contributed by atoms with E-state index in [4.69, 9.17) is 0 Å². The highest BCUT2D eigenvalue weighted by atomic mass is 32.2. The van der Waals surface area contributed by atoms with Crippen LogP contribution in [0.5, 0.6) is 0 Å². The second-order valence-corrected chi connectivity index (χ2v) is 9.40. The molecule has 1 atom stereocenters. The van der Waals surface area contributed by atoms with Crippen LogP contribution < -0.4 is 15.4 Å². The van der Waals surface area contributed by atoms with Crippen LogP contribution in [-0.2, 0) is 25.4 Å². The number of benzene rings is 2. The van der Waals surface area contributed by atoms with Crippen LogP contribution >= 0.6 is 0 Å². The molecule has 2 amide bonds. The molecule has 0 aromatic heterocycles. The van der Waals surface area contributed by atoms with Gasteiger partial charge in [0.25, 0.3) is 5.91 Å². The molecule has 0 aliphatic carbocycles. The summed E-state index contributed by atoms with van der Waals surface area (Å²) in [6.45, 7) is 7.52. The molecule has 8 heteroatoms. The van der Waals surface area contributed by atoms with E-state index in [2.05, 4.69) is 21.9 Å². The molecule has 0 bridgehead atoms. The molecule has 2 rings (SSSR count). The summed E-state index contributed by atoms with van der Waals surface area (Å²) < 4.78 is 26.4. The minimum absolute atomic E-state index is 0.167. The zero-order valence-electron chi connectivity index (χ0n) is 17.8. The Morgan fingerprint density at radius 3 is 2.26 bits per heavy atom. The molecule has 2 aromatic rings. The largest absolute Gasteiger partial charge is 0.341 e. The summed E-state index contributed by atoms with van der Waals surface area (Å²) in [5.74, 6) is -0.584. The summed E-state index contributed by atoms with van der Waals surface area (Å²) >= 11 is 0. The minimum atomic E-state index is -3.46. The third-order valence-electron chi connectivity index (χ3n) is 4.32. The van der Waals surface area contributed by atoms with Crippen LogP contribution in [0.3, 0.4) is 0 Å². The van der Waals surface area contributed by atoms with Crippen LogP contribution in [0, 0.1) is 5.92 Å². The molecule has 0 fully saturated rings. The van der Waals surface area contributed by atoms with Crippen molar-refractivity contribution in [2.75, 3.05) is 11.9 Å². The average molecular weight is 444 g/mol. The van der Waals surface area contributed by atoms with Gasteiger partial charge in [0, 0.05) is 18.7 Å². The lowest BCUT2D eigenvalue weighted by Crippen LogP contribution is -2.37. The highest BCUT2D eigenvalue weighted by molar-refractivity contribution is 7.88. The molecule has 0 radical (unpaired) electrons. The predicted molar refractivity (Wildman–Crippen MR) is 123 cm³/mol. The molecule has 3 N–H and O–H groups in total. The summed E-state index contributed by atoms with van der Waals surface area (Å²) in [4.78, 5) is 25.2. The van der Waals surface area contributed by atoms with E-state index in [0.29, 0.717) is 23.2 Å². The molecule has 2 aromatic carbocycles. The SMILES string of the molecule is C=CCNS(=O)(=O)Cc1ccc(NC(=O)C(NC(=O)CC(C)C)c2ccccc2)cc1. The first-order valence-electron chi connectivity index (χ1n) is 10.0. The van der Waals surface area contributed by atoms with Crippen LogP contribution in [-0.4, -0.2) is 26.8 Å². The summed E-state index contributed by atoms with van der Waals surface area (Å²) in [6.07, 6.45) is 1.79. The Balaban J connectivity index is 2.10. The number of carbonyl (C=O) groups excluding carboxylic acids is 2. The molecule has 0 saturated carbocycles. The van der Waals surface area contributed by atoms with Crippen molar-refractivity contribution in [1.82, 2.24) is 10.0 Å². The van der Waals surface area contributed by atoms with Crippen LogP contribution in [0.15, 0.2) is 67.3 Å². The van der Waals surface area contributed by atoms with E-state index < -0.39 is 16.1 Å². The first kappa shape index (κ1) is 24.3. The van der Waals surface area contributed by atoms with Crippen molar-refractivity contribution in [3.8, 4) is 0 Å². The summed E-state index contributed by atoms with van der Waals surface area (Å²) in [5, 5.41) is 5.59. The Bertz CT molecular complexity index is 987. The van der Waals surface area contributed by atoms with Crippen LogP contribution in [0.25, 0.3) is 0 Å². The molecule has 0 spiro atoms. The Morgan fingerprint density at radius 2 is 1.68 bits per heavy atom. The standard InChI is InChI=1S/C23H29N3O4S/c1-4-14-24-31(29,30)16-18-10-12-20(13-11-18)25-23(28)22(19-8-6-5-7-9-19)26-21(27)15-17(2)3/h4-13,17,22,24H,1,14-16H2,2-3H3,(H,25,28)(H,26,27). The highest BCUT2D eigenvalue weighted by Crippen LogP contribution is 2.18. The van der Waals surface area contributed by atoms with Gasteiger partial charge in [-0.2, -0.15) is 0 Å². The summed E-state index contributed by atoms with van der Waals surface area (Å²) in [7, 11) is -3.46. The van der Waals surface area contributed by atoms with Gasteiger partial charge >= 0.3 is 0 Å². The number of anilines is 1. The van der Waals surface area contributed by atoms with Crippen LogP contribution in [0.2, 0.25) is 0 Å². The first-order chi connectivity index (χ1) is 14.7. The molecular weight excluding hydrogens is 414 g/mol. The number of rotatable bonds is 11. The van der Waals surface area contributed by atoms with Gasteiger partial charge in [0.15, 0.2) is 0 Å². The molecule has 0 aliphatic rings. The van der Waals surface area contributed by atoms with E-state index >= 15 is 0 Å². The monoisotopic (exact) mass is 443 g/mol. The van der Waals surface area contributed by atoms with E-state index in [0.717, 1.165) is 0 Å². The van der Waals surface area contributed by atoms with Gasteiger partial charge in [-0.05, 0) is 29.2 Å². The first-order valence-corrected chi connectivity index (χ1v) is 11.7. The number of amides is 2. The minimum Gasteiger partial charge on any atom is -0.341 e. The maximum absolute atomic E-state index is 12.9. The zero-order chi connectivity index (χ0) is 22.9. The van der Waals surface area contributed by atoms with E-state index in [1.807, 2.05) is 19.9 Å². The lowest BCUT2D eigenvalue weighted by Gasteiger charge is -2.19. The number of hydrogen-bond acceptors (Lipinski definition) is 4. The number of hydrogen-bond donors (Lipinski definition) is 3. The van der Waals surface area contributed by atoms with Gasteiger partial charge in [-0.15, -0.1) is 6.58 Å². The normalized spacial score (nSPS) is 12.2. The highest BCUT2D eigenvalue weighted by Gasteiger charge is 2.23.